The van der Waals surface area contributed by atoms with Gasteiger partial charge in [-0.15, -0.1) is 0 Å². The van der Waals surface area contributed by atoms with Gasteiger partial charge in [-0.05, 0) is 83.1 Å². The van der Waals surface area contributed by atoms with Crippen molar-refractivity contribution in [3.8, 4) is 5.75 Å². The molecule has 0 aliphatic rings. The van der Waals surface area contributed by atoms with Crippen LogP contribution in [-0.4, -0.2) is 23.7 Å². The van der Waals surface area contributed by atoms with Crippen molar-refractivity contribution in [2.75, 3.05) is 10.6 Å². The van der Waals surface area contributed by atoms with Crippen molar-refractivity contribution in [2.45, 2.75) is 40.7 Å². The van der Waals surface area contributed by atoms with Crippen LogP contribution in [0.15, 0.2) is 48.5 Å². The third-order valence-corrected chi connectivity index (χ3v) is 4.17. The number of rotatable bonds is 7. The predicted molar refractivity (Wildman–Crippen MR) is 110 cm³/mol. The maximum absolute atomic E-state index is 12.6. The minimum atomic E-state index is -1.30. The Hall–Kier alpha value is -3.15. The Labute approximate surface area is 165 Å². The summed E-state index contributed by atoms with van der Waals surface area (Å²) in [4.78, 5) is 36.6. The van der Waals surface area contributed by atoms with Crippen LogP contribution in [0, 0.1) is 5.41 Å². The van der Waals surface area contributed by atoms with E-state index in [1.165, 1.54) is 6.92 Å². The molecule has 0 fully saturated rings. The number of carbonyl (C=O) groups is 3. The average molecular weight is 382 g/mol. The molecule has 6 heteroatoms. The van der Waals surface area contributed by atoms with Crippen molar-refractivity contribution in [2.24, 2.45) is 5.41 Å². The SMILES string of the molecule is CC(=O)c1ccc(NC(=O)C(C)(C)C(=O)Nc2ccc(OC(C)C)cc2)cc1. The second-order valence-electron chi connectivity index (χ2n) is 7.36. The number of amides is 2. The number of hydrogen-bond acceptors (Lipinski definition) is 4. The summed E-state index contributed by atoms with van der Waals surface area (Å²) in [6, 6.07) is 13.5. The van der Waals surface area contributed by atoms with Crippen molar-refractivity contribution < 1.29 is 19.1 Å². The maximum atomic E-state index is 12.6. The first-order valence-electron chi connectivity index (χ1n) is 9.10. The topological polar surface area (TPSA) is 84.5 Å². The normalized spacial score (nSPS) is 11.1. The third kappa shape index (κ3) is 5.42. The summed E-state index contributed by atoms with van der Waals surface area (Å²) in [6.07, 6.45) is 0.0626. The summed E-state index contributed by atoms with van der Waals surface area (Å²) < 4.78 is 5.57. The fourth-order valence-electron chi connectivity index (χ4n) is 2.36. The van der Waals surface area contributed by atoms with Crippen LogP contribution < -0.4 is 15.4 Å². The van der Waals surface area contributed by atoms with Crippen LogP contribution in [0.5, 0.6) is 5.75 Å². The van der Waals surface area contributed by atoms with Crippen molar-refractivity contribution >= 4 is 29.0 Å². The molecular weight excluding hydrogens is 356 g/mol. The molecule has 2 N–H and O–H groups in total. The fraction of sp³-hybridized carbons (Fsp3) is 0.318. The van der Waals surface area contributed by atoms with Crippen molar-refractivity contribution in [3.63, 3.8) is 0 Å². The van der Waals surface area contributed by atoms with E-state index in [9.17, 15) is 14.4 Å². The highest BCUT2D eigenvalue weighted by Crippen LogP contribution is 2.23. The lowest BCUT2D eigenvalue weighted by molar-refractivity contribution is -0.135. The lowest BCUT2D eigenvalue weighted by Crippen LogP contribution is -2.41. The number of Topliss-reactive ketones (excluding diaryl/α,β-unsaturated/α-hetero) is 1. The largest absolute Gasteiger partial charge is 0.491 e. The highest BCUT2D eigenvalue weighted by Gasteiger charge is 2.36. The Bertz CT molecular complexity index is 853. The van der Waals surface area contributed by atoms with Gasteiger partial charge in [0.1, 0.15) is 11.2 Å². The van der Waals surface area contributed by atoms with Crippen molar-refractivity contribution in [3.05, 3.63) is 54.1 Å². The van der Waals surface area contributed by atoms with Gasteiger partial charge in [-0.2, -0.15) is 0 Å². The highest BCUT2D eigenvalue weighted by atomic mass is 16.5. The van der Waals surface area contributed by atoms with E-state index in [1.807, 2.05) is 13.8 Å². The lowest BCUT2D eigenvalue weighted by Gasteiger charge is -2.23. The Balaban J connectivity index is 2.02. The lowest BCUT2D eigenvalue weighted by atomic mass is 9.90. The molecule has 0 heterocycles. The van der Waals surface area contributed by atoms with Gasteiger partial charge in [0.2, 0.25) is 11.8 Å². The van der Waals surface area contributed by atoms with Gasteiger partial charge in [0.05, 0.1) is 6.10 Å². The van der Waals surface area contributed by atoms with Crippen LogP contribution in [-0.2, 0) is 9.59 Å². The zero-order valence-corrected chi connectivity index (χ0v) is 16.8. The molecule has 6 nitrogen and oxygen atoms in total. The molecule has 0 bridgehead atoms. The van der Waals surface area contributed by atoms with E-state index in [4.69, 9.17) is 4.74 Å². The minimum Gasteiger partial charge on any atom is -0.491 e. The summed E-state index contributed by atoms with van der Waals surface area (Å²) in [5, 5.41) is 5.47. The molecule has 2 amide bonds. The smallest absolute Gasteiger partial charge is 0.239 e. The van der Waals surface area contributed by atoms with Crippen LogP contribution in [0.1, 0.15) is 45.0 Å². The number of carbonyl (C=O) groups excluding carboxylic acids is 3. The Morgan fingerprint density at radius 1 is 0.821 bits per heavy atom. The van der Waals surface area contributed by atoms with E-state index in [0.717, 1.165) is 0 Å². The predicted octanol–water partition coefficient (Wildman–Crippen LogP) is 4.28. The van der Waals surface area contributed by atoms with Gasteiger partial charge in [-0.1, -0.05) is 0 Å². The third-order valence-electron chi connectivity index (χ3n) is 4.17. The first kappa shape index (κ1) is 21.2. The monoisotopic (exact) mass is 382 g/mol. The van der Waals surface area contributed by atoms with E-state index in [1.54, 1.807) is 62.4 Å². The Morgan fingerprint density at radius 3 is 1.64 bits per heavy atom. The second-order valence-corrected chi connectivity index (χ2v) is 7.36. The van der Waals surface area contributed by atoms with E-state index in [2.05, 4.69) is 10.6 Å². The van der Waals surface area contributed by atoms with E-state index >= 15 is 0 Å². The molecule has 0 radical (unpaired) electrons. The zero-order valence-electron chi connectivity index (χ0n) is 16.8. The summed E-state index contributed by atoms with van der Waals surface area (Å²) in [7, 11) is 0. The van der Waals surface area contributed by atoms with E-state index < -0.39 is 17.2 Å². The molecule has 0 aliphatic heterocycles. The number of ether oxygens (including phenoxy) is 1. The van der Waals surface area contributed by atoms with Gasteiger partial charge in [0.15, 0.2) is 5.78 Å². The number of nitrogens with one attached hydrogen (secondary N) is 2. The molecule has 148 valence electrons. The number of anilines is 2. The van der Waals surface area contributed by atoms with Crippen LogP contribution in [0.25, 0.3) is 0 Å². The molecule has 0 aromatic heterocycles. The van der Waals surface area contributed by atoms with Gasteiger partial charge in [-0.25, -0.2) is 0 Å². The van der Waals surface area contributed by atoms with E-state index in [0.29, 0.717) is 22.7 Å². The summed E-state index contributed by atoms with van der Waals surface area (Å²) >= 11 is 0. The number of hydrogen-bond donors (Lipinski definition) is 2. The number of ketones is 1. The molecule has 0 saturated carbocycles. The maximum Gasteiger partial charge on any atom is 0.239 e. The molecule has 2 aromatic carbocycles. The first-order valence-corrected chi connectivity index (χ1v) is 9.10. The van der Waals surface area contributed by atoms with Crippen molar-refractivity contribution in [1.29, 1.82) is 0 Å². The molecule has 0 unspecified atom stereocenters. The van der Waals surface area contributed by atoms with Gasteiger partial charge >= 0.3 is 0 Å². The molecule has 0 atom stereocenters. The summed E-state index contributed by atoms with van der Waals surface area (Å²) in [5.74, 6) is -0.218. The fourth-order valence-corrected chi connectivity index (χ4v) is 2.36. The Kier molecular flexibility index (Phi) is 6.57. The summed E-state index contributed by atoms with van der Waals surface area (Å²) in [6.45, 7) is 8.45. The van der Waals surface area contributed by atoms with Gasteiger partial charge in [-0.3, -0.25) is 14.4 Å². The number of benzene rings is 2. The van der Waals surface area contributed by atoms with Crippen LogP contribution in [0.3, 0.4) is 0 Å². The molecule has 0 saturated heterocycles. The second kappa shape index (κ2) is 8.69. The first-order chi connectivity index (χ1) is 13.1. The van der Waals surface area contributed by atoms with Gasteiger partial charge in [0.25, 0.3) is 0 Å². The average Bonchev–Trinajstić information content (AvgIpc) is 2.63. The van der Waals surface area contributed by atoms with Crippen LogP contribution in [0.2, 0.25) is 0 Å². The highest BCUT2D eigenvalue weighted by molar-refractivity contribution is 6.14. The van der Waals surface area contributed by atoms with Gasteiger partial charge in [0, 0.05) is 16.9 Å². The zero-order chi connectivity index (χ0) is 20.9. The van der Waals surface area contributed by atoms with E-state index in [-0.39, 0.29) is 11.9 Å². The molecule has 28 heavy (non-hydrogen) atoms. The molecule has 0 spiro atoms. The molecule has 2 aromatic rings. The quantitative estimate of drug-likeness (QED) is 0.553. The van der Waals surface area contributed by atoms with Crippen molar-refractivity contribution in [1.82, 2.24) is 0 Å². The Morgan fingerprint density at radius 2 is 1.25 bits per heavy atom. The standard InChI is InChI=1S/C22H26N2O4/c1-14(2)28-19-12-10-18(11-13-19)24-21(27)22(4,5)20(26)23-17-8-6-16(7-9-17)15(3)25/h6-14H,1-5H3,(H,23,26)(H,24,27). The molecule has 0 aliphatic carbocycles. The summed E-state index contributed by atoms with van der Waals surface area (Å²) in [5.41, 5.74) is 0.352. The minimum absolute atomic E-state index is 0.0533. The van der Waals surface area contributed by atoms with Crippen LogP contribution >= 0.6 is 0 Å². The van der Waals surface area contributed by atoms with Crippen LogP contribution in [0.4, 0.5) is 11.4 Å². The molecule has 2 rings (SSSR count). The molecular formula is C22H26N2O4. The van der Waals surface area contributed by atoms with Gasteiger partial charge < -0.3 is 15.4 Å².